The maximum absolute atomic E-state index is 12.0. The van der Waals surface area contributed by atoms with Gasteiger partial charge in [-0.15, -0.1) is 11.6 Å². The van der Waals surface area contributed by atoms with Crippen molar-refractivity contribution in [3.63, 3.8) is 0 Å². The predicted molar refractivity (Wildman–Crippen MR) is 74.3 cm³/mol. The third-order valence-corrected chi connectivity index (χ3v) is 3.14. The number of phenolic OH excluding ortho intramolecular Hbond substituents is 1. The molecule has 1 aromatic carbocycles. The van der Waals surface area contributed by atoms with Crippen LogP contribution in [0, 0.1) is 12.3 Å². The lowest BCUT2D eigenvalue weighted by Gasteiger charge is -2.24. The smallest absolute Gasteiger partial charge is 0.251 e. The number of alkyl halides is 1. The molecule has 100 valence electrons. The van der Waals surface area contributed by atoms with E-state index in [9.17, 15) is 9.90 Å². The number of aromatic hydroxyl groups is 1. The van der Waals surface area contributed by atoms with Crippen LogP contribution in [0.2, 0.25) is 0 Å². The molecule has 2 N–H and O–H groups in total. The molecule has 1 rings (SSSR count). The summed E-state index contributed by atoms with van der Waals surface area (Å²) in [6.45, 7) is 6.52. The van der Waals surface area contributed by atoms with Gasteiger partial charge in [0.1, 0.15) is 5.75 Å². The summed E-state index contributed by atoms with van der Waals surface area (Å²) in [5, 5.41) is 12.2. The molecule has 3 nitrogen and oxygen atoms in total. The van der Waals surface area contributed by atoms with Gasteiger partial charge in [-0.05, 0) is 42.5 Å². The molecule has 4 heteroatoms. The van der Waals surface area contributed by atoms with Crippen LogP contribution in [0.15, 0.2) is 18.2 Å². The van der Waals surface area contributed by atoms with Crippen molar-refractivity contribution in [3.8, 4) is 5.75 Å². The number of rotatable bonds is 5. The maximum atomic E-state index is 12.0. The lowest BCUT2D eigenvalue weighted by Crippen LogP contribution is -2.34. The Bertz CT molecular complexity index is 430. The Morgan fingerprint density at radius 2 is 2.11 bits per heavy atom. The summed E-state index contributed by atoms with van der Waals surface area (Å²) >= 11 is 5.72. The zero-order valence-electron chi connectivity index (χ0n) is 11.1. The van der Waals surface area contributed by atoms with Gasteiger partial charge in [0.2, 0.25) is 0 Å². The van der Waals surface area contributed by atoms with Gasteiger partial charge in [-0.1, -0.05) is 13.8 Å². The highest BCUT2D eigenvalue weighted by atomic mass is 35.5. The van der Waals surface area contributed by atoms with Crippen LogP contribution in [0.4, 0.5) is 0 Å². The highest BCUT2D eigenvalue weighted by Gasteiger charge is 2.19. The summed E-state index contributed by atoms with van der Waals surface area (Å²) < 4.78 is 0. The zero-order chi connectivity index (χ0) is 13.8. The average Bonchev–Trinajstić information content (AvgIpc) is 2.26. The van der Waals surface area contributed by atoms with Gasteiger partial charge in [0, 0.05) is 18.0 Å². The van der Waals surface area contributed by atoms with Gasteiger partial charge in [0.25, 0.3) is 5.91 Å². The number of hydrogen-bond acceptors (Lipinski definition) is 2. The number of benzene rings is 1. The van der Waals surface area contributed by atoms with E-state index in [-0.39, 0.29) is 17.1 Å². The van der Waals surface area contributed by atoms with E-state index in [0.29, 0.717) is 18.0 Å². The Kier molecular flexibility index (Phi) is 5.03. The van der Waals surface area contributed by atoms with Crippen molar-refractivity contribution in [2.45, 2.75) is 27.2 Å². The zero-order valence-corrected chi connectivity index (χ0v) is 11.8. The van der Waals surface area contributed by atoms with Crippen molar-refractivity contribution in [3.05, 3.63) is 29.3 Å². The van der Waals surface area contributed by atoms with Crippen LogP contribution >= 0.6 is 11.6 Å². The SMILES string of the molecule is Cc1cc(O)ccc1C(=O)NCC(C)(C)CCCl. The number of hydrogen-bond donors (Lipinski definition) is 2. The molecule has 0 aliphatic rings. The van der Waals surface area contributed by atoms with Crippen LogP contribution in [0.3, 0.4) is 0 Å². The van der Waals surface area contributed by atoms with Gasteiger partial charge in [-0.2, -0.15) is 0 Å². The minimum atomic E-state index is -0.116. The average molecular weight is 270 g/mol. The number of aryl methyl sites for hydroxylation is 1. The molecule has 0 atom stereocenters. The molecule has 0 aliphatic carbocycles. The van der Waals surface area contributed by atoms with E-state index in [2.05, 4.69) is 19.2 Å². The molecule has 1 aromatic rings. The fourth-order valence-electron chi connectivity index (χ4n) is 1.66. The number of amides is 1. The summed E-state index contributed by atoms with van der Waals surface area (Å²) in [7, 11) is 0. The fraction of sp³-hybridized carbons (Fsp3) is 0.500. The minimum Gasteiger partial charge on any atom is -0.508 e. The van der Waals surface area contributed by atoms with E-state index in [1.165, 1.54) is 6.07 Å². The molecule has 0 heterocycles. The van der Waals surface area contributed by atoms with Gasteiger partial charge >= 0.3 is 0 Å². The Balaban J connectivity index is 2.66. The highest BCUT2D eigenvalue weighted by Crippen LogP contribution is 2.20. The summed E-state index contributed by atoms with van der Waals surface area (Å²) in [4.78, 5) is 12.0. The first-order valence-electron chi connectivity index (χ1n) is 5.99. The lowest BCUT2D eigenvalue weighted by atomic mass is 9.90. The second kappa shape index (κ2) is 6.10. The van der Waals surface area contributed by atoms with Crippen LogP contribution in [0.25, 0.3) is 0 Å². The van der Waals surface area contributed by atoms with Crippen molar-refractivity contribution >= 4 is 17.5 Å². The van der Waals surface area contributed by atoms with Crippen LogP contribution in [0.5, 0.6) is 5.75 Å². The topological polar surface area (TPSA) is 49.3 Å². The Morgan fingerprint density at radius 3 is 2.67 bits per heavy atom. The molecule has 18 heavy (non-hydrogen) atoms. The van der Waals surface area contributed by atoms with E-state index in [1.54, 1.807) is 19.1 Å². The van der Waals surface area contributed by atoms with E-state index in [0.717, 1.165) is 12.0 Å². The van der Waals surface area contributed by atoms with E-state index >= 15 is 0 Å². The number of halogens is 1. The van der Waals surface area contributed by atoms with Crippen LogP contribution in [-0.2, 0) is 0 Å². The molecule has 0 radical (unpaired) electrons. The highest BCUT2D eigenvalue weighted by molar-refractivity contribution is 6.17. The molecule has 0 unspecified atom stereocenters. The normalized spacial score (nSPS) is 11.3. The van der Waals surface area contributed by atoms with E-state index in [4.69, 9.17) is 11.6 Å². The molecule has 0 bridgehead atoms. The van der Waals surface area contributed by atoms with Gasteiger partial charge in [0.05, 0.1) is 0 Å². The first kappa shape index (κ1) is 14.8. The first-order chi connectivity index (χ1) is 8.35. The number of carbonyl (C=O) groups is 1. The number of carbonyl (C=O) groups excluding carboxylic acids is 1. The molecule has 0 fully saturated rings. The molecule has 0 aliphatic heterocycles. The fourth-order valence-corrected chi connectivity index (χ4v) is 2.17. The summed E-state index contributed by atoms with van der Waals surface area (Å²) in [5.41, 5.74) is 1.35. The van der Waals surface area contributed by atoms with Gasteiger partial charge < -0.3 is 10.4 Å². The second-order valence-electron chi connectivity index (χ2n) is 5.29. The van der Waals surface area contributed by atoms with E-state index < -0.39 is 0 Å². The molecular formula is C14H20ClNO2. The van der Waals surface area contributed by atoms with E-state index in [1.807, 2.05) is 0 Å². The third kappa shape index (κ3) is 4.22. The molecule has 1 amide bonds. The predicted octanol–water partition coefficient (Wildman–Crippen LogP) is 3.09. The van der Waals surface area contributed by atoms with Gasteiger partial charge in [-0.3, -0.25) is 4.79 Å². The van der Waals surface area contributed by atoms with Crippen molar-refractivity contribution in [1.29, 1.82) is 0 Å². The molecule has 0 aromatic heterocycles. The van der Waals surface area contributed by atoms with Crippen LogP contribution in [-0.4, -0.2) is 23.4 Å². The summed E-state index contributed by atoms with van der Waals surface area (Å²) in [5.74, 6) is 0.642. The van der Waals surface area contributed by atoms with Crippen molar-refractivity contribution in [2.24, 2.45) is 5.41 Å². The first-order valence-corrected chi connectivity index (χ1v) is 6.53. The molecule has 0 saturated carbocycles. The Hall–Kier alpha value is -1.22. The van der Waals surface area contributed by atoms with Crippen molar-refractivity contribution in [1.82, 2.24) is 5.32 Å². The van der Waals surface area contributed by atoms with Crippen molar-refractivity contribution < 1.29 is 9.90 Å². The summed E-state index contributed by atoms with van der Waals surface area (Å²) in [6.07, 6.45) is 0.851. The minimum absolute atomic E-state index is 0.0117. The maximum Gasteiger partial charge on any atom is 0.251 e. The van der Waals surface area contributed by atoms with Gasteiger partial charge in [0.15, 0.2) is 0 Å². The van der Waals surface area contributed by atoms with Crippen LogP contribution in [0.1, 0.15) is 36.2 Å². The largest absolute Gasteiger partial charge is 0.508 e. The number of phenols is 1. The third-order valence-electron chi connectivity index (χ3n) is 2.95. The van der Waals surface area contributed by atoms with Crippen molar-refractivity contribution in [2.75, 3.05) is 12.4 Å². The van der Waals surface area contributed by atoms with Crippen LogP contribution < -0.4 is 5.32 Å². The van der Waals surface area contributed by atoms with Gasteiger partial charge in [-0.25, -0.2) is 0 Å². The molecule has 0 spiro atoms. The monoisotopic (exact) mass is 269 g/mol. The molecule has 0 saturated heterocycles. The summed E-state index contributed by atoms with van der Waals surface area (Å²) in [6, 6.07) is 4.74. The quantitative estimate of drug-likeness (QED) is 0.807. The second-order valence-corrected chi connectivity index (χ2v) is 5.66. The number of nitrogens with one attached hydrogen (secondary N) is 1. The lowest BCUT2D eigenvalue weighted by molar-refractivity contribution is 0.0935. The Labute approximate surface area is 113 Å². The molecular weight excluding hydrogens is 250 g/mol. The Morgan fingerprint density at radius 1 is 1.44 bits per heavy atom. The standard InChI is InChI=1S/C14H20ClNO2/c1-10-8-11(17)4-5-12(10)13(18)16-9-14(2,3)6-7-15/h4-5,8,17H,6-7,9H2,1-3H3,(H,16,18).